The Kier molecular flexibility index (Phi) is 32.7. The maximum Gasteiger partial charge on any atom is 0.305 e. The van der Waals surface area contributed by atoms with Crippen LogP contribution in [0.2, 0.25) is 0 Å². The Morgan fingerprint density at radius 2 is 0.886 bits per heavy atom. The van der Waals surface area contributed by atoms with Crippen LogP contribution in [0.4, 0.5) is 0 Å². The molecule has 5 heteroatoms. The molecule has 0 unspecified atom stereocenters. The monoisotopic (exact) mass is 612 g/mol. The second-order valence-electron chi connectivity index (χ2n) is 11.2. The van der Waals surface area contributed by atoms with E-state index >= 15 is 0 Å². The average Bonchev–Trinajstić information content (AvgIpc) is 3.02. The highest BCUT2D eigenvalue weighted by Crippen LogP contribution is 2.09. The maximum atomic E-state index is 11.9. The molecule has 0 saturated heterocycles. The zero-order valence-electron chi connectivity index (χ0n) is 28.1. The van der Waals surface area contributed by atoms with Gasteiger partial charge in [0.1, 0.15) is 19.3 Å². The summed E-state index contributed by atoms with van der Waals surface area (Å²) in [7, 11) is 0. The Morgan fingerprint density at radius 3 is 1.41 bits per heavy atom. The van der Waals surface area contributed by atoms with Crippen molar-refractivity contribution in [3.05, 3.63) is 72.9 Å². The van der Waals surface area contributed by atoms with Crippen molar-refractivity contribution < 1.29 is 24.2 Å². The summed E-state index contributed by atoms with van der Waals surface area (Å²) in [6.45, 7) is 4.09. The van der Waals surface area contributed by atoms with Crippen LogP contribution in [0.15, 0.2) is 72.9 Å². The van der Waals surface area contributed by atoms with Gasteiger partial charge in [0.15, 0.2) is 0 Å². The van der Waals surface area contributed by atoms with E-state index in [0.29, 0.717) is 12.8 Å². The van der Waals surface area contributed by atoms with Gasteiger partial charge >= 0.3 is 11.9 Å². The molecule has 250 valence electrons. The summed E-state index contributed by atoms with van der Waals surface area (Å²) in [5, 5.41) is 9.96. The van der Waals surface area contributed by atoms with E-state index < -0.39 is 6.10 Å². The van der Waals surface area contributed by atoms with Crippen LogP contribution in [0, 0.1) is 0 Å². The number of hydrogen-bond acceptors (Lipinski definition) is 5. The Morgan fingerprint density at radius 1 is 0.500 bits per heavy atom. The maximum absolute atomic E-state index is 11.9. The summed E-state index contributed by atoms with van der Waals surface area (Å²) < 4.78 is 10.2. The Balaban J connectivity index is 3.59. The molecule has 0 bridgehead atoms. The van der Waals surface area contributed by atoms with Gasteiger partial charge in [-0.25, -0.2) is 0 Å². The molecular formula is C39H64O5. The highest BCUT2D eigenvalue weighted by Gasteiger charge is 2.11. The van der Waals surface area contributed by atoms with Crippen molar-refractivity contribution in [1.29, 1.82) is 0 Å². The van der Waals surface area contributed by atoms with Gasteiger partial charge in [-0.2, -0.15) is 0 Å². The van der Waals surface area contributed by atoms with Crippen molar-refractivity contribution in [1.82, 2.24) is 0 Å². The fraction of sp³-hybridized carbons (Fsp3) is 0.641. The lowest BCUT2D eigenvalue weighted by atomic mass is 10.1. The summed E-state index contributed by atoms with van der Waals surface area (Å²) >= 11 is 0. The Bertz CT molecular complexity index is 833. The molecule has 0 saturated carbocycles. The number of hydrogen-bond donors (Lipinski definition) is 1. The van der Waals surface area contributed by atoms with E-state index in [1.807, 2.05) is 0 Å². The Labute approximate surface area is 270 Å². The highest BCUT2D eigenvalue weighted by atomic mass is 16.6. The number of rotatable bonds is 30. The number of unbranched alkanes of at least 4 members (excludes halogenated alkanes) is 10. The second kappa shape index (κ2) is 34.8. The molecule has 1 atom stereocenters. The predicted molar refractivity (Wildman–Crippen MR) is 186 cm³/mol. The molecule has 0 amide bonds. The van der Waals surface area contributed by atoms with Gasteiger partial charge in [-0.1, -0.05) is 125 Å². The first-order valence-corrected chi connectivity index (χ1v) is 17.5. The molecule has 0 aromatic heterocycles. The standard InChI is InChI=1S/C39H64O5/c1-3-5-7-9-11-13-15-16-17-18-19-20-21-22-24-26-28-30-32-34-39(42)44-36-37(40)35-43-38(41)33-31-29-27-25-23-14-12-10-8-6-4-2/h5,7,11,13,16-17,19-20,22,24-25,27,37,40H,3-4,6,8-10,12,14-15,18,21,23,26,28-36H2,1-2H3/b7-5-,13-11-,17-16-,20-19-,24-22-,27-25-/t37-/m1/s1. The molecular weight excluding hydrogens is 548 g/mol. The third kappa shape index (κ3) is 33.8. The van der Waals surface area contributed by atoms with Crippen molar-refractivity contribution in [2.24, 2.45) is 0 Å². The number of carbonyl (C=O) groups is 2. The van der Waals surface area contributed by atoms with Gasteiger partial charge < -0.3 is 14.6 Å². The van der Waals surface area contributed by atoms with Crippen molar-refractivity contribution in [3.63, 3.8) is 0 Å². The molecule has 0 rings (SSSR count). The zero-order chi connectivity index (χ0) is 32.2. The lowest BCUT2D eigenvalue weighted by molar-refractivity contribution is -0.152. The normalized spacial score (nSPS) is 13.1. The fourth-order valence-corrected chi connectivity index (χ4v) is 4.29. The zero-order valence-corrected chi connectivity index (χ0v) is 28.1. The number of carbonyl (C=O) groups excluding carboxylic acids is 2. The average molecular weight is 613 g/mol. The summed E-state index contributed by atoms with van der Waals surface area (Å²) in [5.74, 6) is -0.648. The van der Waals surface area contributed by atoms with Gasteiger partial charge in [0.2, 0.25) is 0 Å². The lowest BCUT2D eigenvalue weighted by Gasteiger charge is -2.12. The first-order chi connectivity index (χ1) is 21.6. The molecule has 44 heavy (non-hydrogen) atoms. The van der Waals surface area contributed by atoms with Crippen LogP contribution in [0.5, 0.6) is 0 Å². The second-order valence-corrected chi connectivity index (χ2v) is 11.2. The summed E-state index contributed by atoms with van der Waals surface area (Å²) in [6, 6.07) is 0. The van der Waals surface area contributed by atoms with E-state index in [2.05, 4.69) is 86.8 Å². The van der Waals surface area contributed by atoms with Gasteiger partial charge in [0.05, 0.1) is 0 Å². The van der Waals surface area contributed by atoms with Crippen LogP contribution in [0.3, 0.4) is 0 Å². The third-order valence-electron chi connectivity index (χ3n) is 6.93. The minimum atomic E-state index is -0.990. The molecule has 0 fully saturated rings. The Hall–Kier alpha value is -2.66. The van der Waals surface area contributed by atoms with Gasteiger partial charge in [-0.05, 0) is 77.0 Å². The van der Waals surface area contributed by atoms with Crippen LogP contribution in [-0.4, -0.2) is 36.4 Å². The van der Waals surface area contributed by atoms with E-state index in [0.717, 1.165) is 77.0 Å². The SMILES string of the molecule is CC/C=C\C/C=C\C/C=C\C/C=C\C/C=C\CCCCCC(=O)OC[C@H](O)COC(=O)CCC/C=C\CCCCCCCC. The predicted octanol–water partition coefficient (Wildman–Crippen LogP) is 10.6. The number of esters is 2. The van der Waals surface area contributed by atoms with Crippen molar-refractivity contribution in [3.8, 4) is 0 Å². The largest absolute Gasteiger partial charge is 0.463 e. The molecule has 0 aliphatic heterocycles. The fourth-order valence-electron chi connectivity index (χ4n) is 4.29. The van der Waals surface area contributed by atoms with Crippen LogP contribution < -0.4 is 0 Å². The van der Waals surface area contributed by atoms with E-state index in [4.69, 9.17) is 9.47 Å². The molecule has 0 radical (unpaired) electrons. The smallest absolute Gasteiger partial charge is 0.305 e. The molecule has 0 aliphatic rings. The summed E-state index contributed by atoms with van der Waals surface area (Å²) in [5.41, 5.74) is 0. The van der Waals surface area contributed by atoms with E-state index in [1.165, 1.54) is 38.5 Å². The molecule has 0 heterocycles. The molecule has 0 aromatic carbocycles. The summed E-state index contributed by atoms with van der Waals surface area (Å²) in [6.07, 6.45) is 45.3. The molecule has 0 aliphatic carbocycles. The van der Waals surface area contributed by atoms with Crippen molar-refractivity contribution >= 4 is 11.9 Å². The lowest BCUT2D eigenvalue weighted by Crippen LogP contribution is -2.25. The molecule has 1 N–H and O–H groups in total. The number of aliphatic hydroxyl groups is 1. The van der Waals surface area contributed by atoms with Crippen molar-refractivity contribution in [2.75, 3.05) is 13.2 Å². The minimum Gasteiger partial charge on any atom is -0.463 e. The van der Waals surface area contributed by atoms with E-state index in [-0.39, 0.29) is 25.2 Å². The van der Waals surface area contributed by atoms with E-state index in [1.54, 1.807) is 0 Å². The number of allylic oxidation sites excluding steroid dienone is 12. The first-order valence-electron chi connectivity index (χ1n) is 17.5. The quantitative estimate of drug-likeness (QED) is 0.0496. The van der Waals surface area contributed by atoms with Gasteiger partial charge in [-0.15, -0.1) is 0 Å². The van der Waals surface area contributed by atoms with Crippen LogP contribution in [0.1, 0.15) is 142 Å². The topological polar surface area (TPSA) is 72.8 Å². The third-order valence-corrected chi connectivity index (χ3v) is 6.93. The highest BCUT2D eigenvalue weighted by molar-refractivity contribution is 5.69. The minimum absolute atomic E-state index is 0.146. The summed E-state index contributed by atoms with van der Waals surface area (Å²) in [4.78, 5) is 23.8. The van der Waals surface area contributed by atoms with Crippen LogP contribution in [0.25, 0.3) is 0 Å². The van der Waals surface area contributed by atoms with Crippen molar-refractivity contribution in [2.45, 2.75) is 148 Å². The van der Waals surface area contributed by atoms with Gasteiger partial charge in [0.25, 0.3) is 0 Å². The number of ether oxygens (including phenoxy) is 2. The van der Waals surface area contributed by atoms with Gasteiger partial charge in [0, 0.05) is 12.8 Å². The van der Waals surface area contributed by atoms with Crippen LogP contribution >= 0.6 is 0 Å². The molecule has 0 aromatic rings. The van der Waals surface area contributed by atoms with Gasteiger partial charge in [-0.3, -0.25) is 9.59 Å². The molecule has 0 spiro atoms. The molecule has 5 nitrogen and oxygen atoms in total. The van der Waals surface area contributed by atoms with Crippen LogP contribution in [-0.2, 0) is 19.1 Å². The first kappa shape index (κ1) is 41.3. The number of aliphatic hydroxyl groups excluding tert-OH is 1. The van der Waals surface area contributed by atoms with E-state index in [9.17, 15) is 14.7 Å².